The molecule has 0 unspecified atom stereocenters. The van der Waals surface area contributed by atoms with Crippen LogP contribution in [0.2, 0.25) is 5.02 Å². The highest BCUT2D eigenvalue weighted by Crippen LogP contribution is 2.24. The van der Waals surface area contributed by atoms with Gasteiger partial charge in [-0.2, -0.15) is 5.10 Å². The maximum atomic E-state index is 12.4. The smallest absolute Gasteiger partial charge is 0.224 e. The summed E-state index contributed by atoms with van der Waals surface area (Å²) in [7, 11) is 0. The predicted octanol–water partition coefficient (Wildman–Crippen LogP) is 2.84. The molecule has 0 saturated carbocycles. The Bertz CT molecular complexity index is 669. The van der Waals surface area contributed by atoms with Gasteiger partial charge < -0.3 is 9.64 Å². The van der Waals surface area contributed by atoms with Crippen molar-refractivity contribution in [3.05, 3.63) is 52.8 Å². The summed E-state index contributed by atoms with van der Waals surface area (Å²) in [5, 5.41) is 4.91. The number of aryl methyl sites for hydroxylation is 2. The molecule has 1 fully saturated rings. The number of amides is 1. The topological polar surface area (TPSA) is 47.4 Å². The minimum atomic E-state index is -0.0862. The van der Waals surface area contributed by atoms with Gasteiger partial charge in [0.2, 0.25) is 5.91 Å². The maximum absolute atomic E-state index is 12.4. The highest BCUT2D eigenvalue weighted by atomic mass is 35.5. The van der Waals surface area contributed by atoms with E-state index < -0.39 is 0 Å². The number of benzene rings is 1. The van der Waals surface area contributed by atoms with Crippen molar-refractivity contribution < 1.29 is 9.53 Å². The summed E-state index contributed by atoms with van der Waals surface area (Å²) in [6, 6.07) is 7.60. The molecule has 0 spiro atoms. The van der Waals surface area contributed by atoms with E-state index in [9.17, 15) is 4.79 Å². The van der Waals surface area contributed by atoms with Crippen LogP contribution in [0.3, 0.4) is 0 Å². The molecule has 3 rings (SSSR count). The first-order valence-electron chi connectivity index (χ1n) is 7.76. The van der Waals surface area contributed by atoms with E-state index in [4.69, 9.17) is 16.3 Å². The lowest BCUT2D eigenvalue weighted by Crippen LogP contribution is -2.42. The Morgan fingerprint density at radius 1 is 1.39 bits per heavy atom. The molecule has 122 valence electrons. The van der Waals surface area contributed by atoms with Gasteiger partial charge >= 0.3 is 0 Å². The molecular formula is C17H20ClN3O2. The molecule has 2 heterocycles. The first kappa shape index (κ1) is 16.0. The number of aromatic nitrogens is 2. The molecule has 1 saturated heterocycles. The van der Waals surface area contributed by atoms with Crippen LogP contribution in [0.25, 0.3) is 0 Å². The number of halogens is 1. The predicted molar refractivity (Wildman–Crippen MR) is 88.3 cm³/mol. The normalized spacial score (nSPS) is 18.2. The van der Waals surface area contributed by atoms with Gasteiger partial charge in [-0.1, -0.05) is 23.7 Å². The van der Waals surface area contributed by atoms with Crippen LogP contribution in [0.4, 0.5) is 0 Å². The lowest BCUT2D eigenvalue weighted by Gasteiger charge is -2.33. The van der Waals surface area contributed by atoms with E-state index in [1.165, 1.54) is 0 Å². The summed E-state index contributed by atoms with van der Waals surface area (Å²) in [5.41, 5.74) is 2.15. The van der Waals surface area contributed by atoms with Crippen LogP contribution in [0, 0.1) is 6.92 Å². The Morgan fingerprint density at radius 3 is 2.87 bits per heavy atom. The van der Waals surface area contributed by atoms with E-state index in [1.807, 2.05) is 47.0 Å². The molecule has 1 aliphatic rings. The fourth-order valence-electron chi connectivity index (χ4n) is 2.71. The van der Waals surface area contributed by atoms with E-state index in [0.29, 0.717) is 37.7 Å². The van der Waals surface area contributed by atoms with Gasteiger partial charge in [-0.25, -0.2) is 0 Å². The lowest BCUT2D eigenvalue weighted by molar-refractivity contribution is -0.139. The van der Waals surface area contributed by atoms with Gasteiger partial charge in [0.15, 0.2) is 0 Å². The fraction of sp³-hybridized carbons (Fsp3) is 0.412. The third kappa shape index (κ3) is 4.12. The van der Waals surface area contributed by atoms with Gasteiger partial charge in [-0.15, -0.1) is 0 Å². The number of nitrogens with zero attached hydrogens (tertiary/aromatic N) is 3. The van der Waals surface area contributed by atoms with Crippen LogP contribution in [0.1, 0.15) is 23.7 Å². The Hall–Kier alpha value is -1.85. The molecule has 0 bridgehead atoms. The van der Waals surface area contributed by atoms with Gasteiger partial charge in [-0.05, 0) is 30.2 Å². The minimum absolute atomic E-state index is 0.0862. The van der Waals surface area contributed by atoms with Crippen LogP contribution >= 0.6 is 11.6 Å². The van der Waals surface area contributed by atoms with Crippen LogP contribution < -0.4 is 0 Å². The fourth-order valence-corrected chi connectivity index (χ4v) is 2.84. The molecule has 1 aromatic carbocycles. The van der Waals surface area contributed by atoms with Crippen LogP contribution in [0.15, 0.2) is 36.7 Å². The molecule has 23 heavy (non-hydrogen) atoms. The van der Waals surface area contributed by atoms with Crippen molar-refractivity contribution in [3.63, 3.8) is 0 Å². The summed E-state index contributed by atoms with van der Waals surface area (Å²) in [6.07, 6.45) is 4.12. The van der Waals surface area contributed by atoms with E-state index in [0.717, 1.165) is 11.1 Å². The Balaban J connectivity index is 1.57. The maximum Gasteiger partial charge on any atom is 0.224 e. The first-order chi connectivity index (χ1) is 11.1. The van der Waals surface area contributed by atoms with Gasteiger partial charge in [0.25, 0.3) is 0 Å². The summed E-state index contributed by atoms with van der Waals surface area (Å²) in [6.45, 7) is 4.37. The molecule has 1 aromatic heterocycles. The summed E-state index contributed by atoms with van der Waals surface area (Å²) >= 11 is 5.92. The molecule has 2 aromatic rings. The second-order valence-corrected chi connectivity index (χ2v) is 6.22. The molecule has 1 aliphatic heterocycles. The summed E-state index contributed by atoms with van der Waals surface area (Å²) in [4.78, 5) is 14.3. The van der Waals surface area contributed by atoms with Gasteiger partial charge in [-0.3, -0.25) is 9.48 Å². The molecule has 0 aliphatic carbocycles. The molecule has 1 amide bonds. The number of morpholine rings is 1. The lowest BCUT2D eigenvalue weighted by atomic mass is 10.1. The number of carbonyl (C=O) groups excluding carboxylic acids is 1. The number of ether oxygens (including phenoxy) is 1. The van der Waals surface area contributed by atoms with Gasteiger partial charge in [0, 0.05) is 30.7 Å². The Labute approximate surface area is 140 Å². The molecule has 6 heteroatoms. The molecule has 0 N–H and O–H groups in total. The van der Waals surface area contributed by atoms with Crippen molar-refractivity contribution in [1.82, 2.24) is 14.7 Å². The van der Waals surface area contributed by atoms with Gasteiger partial charge in [0.05, 0.1) is 19.3 Å². The Morgan fingerprint density at radius 2 is 2.17 bits per heavy atom. The highest BCUT2D eigenvalue weighted by Gasteiger charge is 2.25. The van der Waals surface area contributed by atoms with Crippen molar-refractivity contribution in [2.45, 2.75) is 26.0 Å². The highest BCUT2D eigenvalue weighted by molar-refractivity contribution is 6.30. The van der Waals surface area contributed by atoms with Crippen molar-refractivity contribution in [2.24, 2.45) is 0 Å². The Kier molecular flexibility index (Phi) is 4.98. The van der Waals surface area contributed by atoms with Crippen LogP contribution in [-0.2, 0) is 16.1 Å². The number of rotatable bonds is 4. The van der Waals surface area contributed by atoms with E-state index >= 15 is 0 Å². The average Bonchev–Trinajstić information content (AvgIpc) is 2.99. The van der Waals surface area contributed by atoms with E-state index in [2.05, 4.69) is 5.10 Å². The number of carbonyl (C=O) groups is 1. The first-order valence-corrected chi connectivity index (χ1v) is 8.13. The van der Waals surface area contributed by atoms with Crippen molar-refractivity contribution >= 4 is 17.5 Å². The zero-order valence-electron chi connectivity index (χ0n) is 13.1. The van der Waals surface area contributed by atoms with Crippen molar-refractivity contribution in [1.29, 1.82) is 0 Å². The zero-order valence-corrected chi connectivity index (χ0v) is 13.9. The zero-order chi connectivity index (χ0) is 16.2. The second-order valence-electron chi connectivity index (χ2n) is 5.78. The number of hydrogen-bond donors (Lipinski definition) is 0. The molecule has 1 atom stereocenters. The third-order valence-corrected chi connectivity index (χ3v) is 4.23. The SMILES string of the molecule is Cc1cnn(CCC(=O)N2CCO[C@H](c3ccc(Cl)cc3)C2)c1. The molecule has 5 nitrogen and oxygen atoms in total. The van der Waals surface area contributed by atoms with Crippen LogP contribution in [-0.4, -0.2) is 40.3 Å². The van der Waals surface area contributed by atoms with E-state index in [1.54, 1.807) is 6.20 Å². The largest absolute Gasteiger partial charge is 0.370 e. The molecular weight excluding hydrogens is 314 g/mol. The summed E-state index contributed by atoms with van der Waals surface area (Å²) in [5.74, 6) is 0.139. The van der Waals surface area contributed by atoms with Crippen molar-refractivity contribution in [2.75, 3.05) is 19.7 Å². The summed E-state index contributed by atoms with van der Waals surface area (Å²) < 4.78 is 7.61. The van der Waals surface area contributed by atoms with Crippen molar-refractivity contribution in [3.8, 4) is 0 Å². The van der Waals surface area contributed by atoms with E-state index in [-0.39, 0.29) is 12.0 Å². The second kappa shape index (κ2) is 7.15. The molecule has 0 radical (unpaired) electrons. The monoisotopic (exact) mass is 333 g/mol. The van der Waals surface area contributed by atoms with Crippen LogP contribution in [0.5, 0.6) is 0 Å². The number of hydrogen-bond acceptors (Lipinski definition) is 3. The standard InChI is InChI=1S/C17H20ClN3O2/c1-13-10-19-21(11-13)7-6-17(22)20-8-9-23-16(12-20)14-2-4-15(18)5-3-14/h2-5,10-11,16H,6-9,12H2,1H3/t16-/m0/s1. The van der Waals surface area contributed by atoms with Gasteiger partial charge in [0.1, 0.15) is 6.10 Å². The third-order valence-electron chi connectivity index (χ3n) is 3.98. The quantitative estimate of drug-likeness (QED) is 0.864. The average molecular weight is 334 g/mol. The minimum Gasteiger partial charge on any atom is -0.370 e.